The Balaban J connectivity index is 2.25. The maximum absolute atomic E-state index is 5.41. The van der Waals surface area contributed by atoms with E-state index in [-0.39, 0.29) is 6.10 Å². The van der Waals surface area contributed by atoms with E-state index < -0.39 is 8.38 Å². The molecule has 0 saturated carbocycles. The molecule has 0 amide bonds. The quantitative estimate of drug-likeness (QED) is 0.562. The molecule has 0 aromatic rings. The lowest BCUT2D eigenvalue weighted by molar-refractivity contribution is 0.114. The van der Waals surface area contributed by atoms with Crippen LogP contribution in [0.4, 0.5) is 0 Å². The fourth-order valence-corrected chi connectivity index (χ4v) is 1.88. The highest BCUT2D eigenvalue weighted by Crippen LogP contribution is 2.41. The van der Waals surface area contributed by atoms with Crippen LogP contribution in [0.1, 0.15) is 6.42 Å². The minimum Gasteiger partial charge on any atom is -0.333 e. The Kier molecular flexibility index (Phi) is 3.52. The Bertz CT molecular complexity index is 93.6. The largest absolute Gasteiger partial charge is 0.333 e. The van der Waals surface area contributed by atoms with E-state index in [1.807, 2.05) is 0 Å². The lowest BCUT2D eigenvalue weighted by atomic mass is 10.3. The second-order valence-corrected chi connectivity index (χ2v) is 3.60. The summed E-state index contributed by atoms with van der Waals surface area (Å²) >= 11 is 0. The zero-order valence-corrected chi connectivity index (χ0v) is 6.72. The summed E-state index contributed by atoms with van der Waals surface area (Å²) in [6.45, 7) is 1.31. The highest BCUT2D eigenvalue weighted by Gasteiger charge is 2.20. The molecule has 0 radical (unpaired) electrons. The van der Waals surface area contributed by atoms with E-state index in [1.165, 1.54) is 0 Å². The van der Waals surface area contributed by atoms with Crippen LogP contribution in [-0.4, -0.2) is 25.5 Å². The highest BCUT2D eigenvalue weighted by molar-refractivity contribution is 7.47. The Morgan fingerprint density at radius 3 is 2.90 bits per heavy atom. The smallest absolute Gasteiger partial charge is 0.185 e. The van der Waals surface area contributed by atoms with Gasteiger partial charge in [0.2, 0.25) is 0 Å². The topological polar surface area (TPSA) is 70.5 Å². The molecule has 1 heterocycles. The third-order valence-corrected chi connectivity index (χ3v) is 2.66. The summed E-state index contributed by atoms with van der Waals surface area (Å²) in [5.41, 5.74) is 10.8. The maximum Gasteiger partial charge on any atom is 0.185 e. The minimum absolute atomic E-state index is 0.170. The lowest BCUT2D eigenvalue weighted by Gasteiger charge is -2.27. The van der Waals surface area contributed by atoms with Crippen molar-refractivity contribution >= 4 is 8.38 Å². The van der Waals surface area contributed by atoms with E-state index in [0.717, 1.165) is 13.0 Å². The van der Waals surface area contributed by atoms with Crippen LogP contribution in [0.5, 0.6) is 0 Å². The molecule has 5 heteroatoms. The number of hydrogen-bond acceptors (Lipinski definition) is 4. The number of hydrogen-bond donors (Lipinski definition) is 2. The first-order valence-electron chi connectivity index (χ1n) is 3.34. The van der Waals surface area contributed by atoms with Gasteiger partial charge in [0.1, 0.15) is 0 Å². The van der Waals surface area contributed by atoms with Gasteiger partial charge in [0.05, 0.1) is 19.0 Å². The van der Waals surface area contributed by atoms with Crippen molar-refractivity contribution in [2.45, 2.75) is 12.5 Å². The molecular formula is C5H13N2O2P. The monoisotopic (exact) mass is 164 g/mol. The fourth-order valence-electron chi connectivity index (χ4n) is 0.792. The third-order valence-electron chi connectivity index (χ3n) is 1.35. The maximum atomic E-state index is 5.41. The second kappa shape index (κ2) is 4.21. The summed E-state index contributed by atoms with van der Waals surface area (Å²) in [6.07, 6.45) is 1.55. The summed E-state index contributed by atoms with van der Waals surface area (Å²) in [4.78, 5) is 0. The zero-order chi connectivity index (χ0) is 7.40. The molecule has 0 aromatic heterocycles. The Morgan fingerprint density at radius 2 is 2.30 bits per heavy atom. The van der Waals surface area contributed by atoms with Crippen LogP contribution in [0.3, 0.4) is 0 Å². The third kappa shape index (κ3) is 2.15. The van der Waals surface area contributed by atoms with Gasteiger partial charge < -0.3 is 20.5 Å². The van der Waals surface area contributed by atoms with Gasteiger partial charge in [-0.05, 0) is 6.42 Å². The molecule has 4 nitrogen and oxygen atoms in total. The van der Waals surface area contributed by atoms with Gasteiger partial charge in [-0.3, -0.25) is 0 Å². The van der Waals surface area contributed by atoms with E-state index in [9.17, 15) is 0 Å². The van der Waals surface area contributed by atoms with Gasteiger partial charge in [-0.2, -0.15) is 0 Å². The van der Waals surface area contributed by atoms with Gasteiger partial charge in [-0.25, -0.2) is 0 Å². The predicted octanol–water partition coefficient (Wildman–Crippen LogP) is -0.0213. The van der Waals surface area contributed by atoms with Crippen molar-refractivity contribution in [3.8, 4) is 0 Å². The van der Waals surface area contributed by atoms with Crippen LogP contribution < -0.4 is 11.5 Å². The summed E-state index contributed by atoms with van der Waals surface area (Å²) in [6, 6.07) is 0. The van der Waals surface area contributed by atoms with Crippen molar-refractivity contribution in [2.24, 2.45) is 11.5 Å². The van der Waals surface area contributed by atoms with Crippen molar-refractivity contribution in [3.63, 3.8) is 0 Å². The molecule has 1 aliphatic rings. The number of rotatable bonds is 2. The molecule has 2 atom stereocenters. The standard InChI is InChI=1S/C5H13N2O2P/c6-3-5-1-2-8-10(4-7)9-5/h5H,1-4,6-7H2. The fraction of sp³-hybridized carbons (Fsp3) is 1.00. The molecule has 0 spiro atoms. The first kappa shape index (κ1) is 8.37. The molecule has 60 valence electrons. The Labute approximate surface area is 61.8 Å². The van der Waals surface area contributed by atoms with E-state index in [0.29, 0.717) is 12.8 Å². The van der Waals surface area contributed by atoms with Gasteiger partial charge in [0.25, 0.3) is 0 Å². The SMILES string of the molecule is NCC1CCOP(CN)O1. The van der Waals surface area contributed by atoms with Crippen molar-refractivity contribution < 1.29 is 9.05 Å². The molecular weight excluding hydrogens is 151 g/mol. The number of nitrogens with two attached hydrogens (primary N) is 2. The van der Waals surface area contributed by atoms with E-state index >= 15 is 0 Å². The van der Waals surface area contributed by atoms with Crippen LogP contribution in [0.15, 0.2) is 0 Å². The average Bonchev–Trinajstić information content (AvgIpc) is 2.05. The van der Waals surface area contributed by atoms with Gasteiger partial charge in [-0.1, -0.05) is 0 Å². The molecule has 4 N–H and O–H groups in total. The van der Waals surface area contributed by atoms with E-state index in [4.69, 9.17) is 20.5 Å². The summed E-state index contributed by atoms with van der Waals surface area (Å²) in [5, 5.41) is 0. The van der Waals surface area contributed by atoms with Gasteiger partial charge >= 0.3 is 0 Å². The van der Waals surface area contributed by atoms with Gasteiger partial charge in [0, 0.05) is 6.54 Å². The molecule has 2 unspecified atom stereocenters. The van der Waals surface area contributed by atoms with Gasteiger partial charge in [0.15, 0.2) is 8.38 Å². The average molecular weight is 164 g/mol. The molecule has 1 saturated heterocycles. The summed E-state index contributed by atoms with van der Waals surface area (Å²) in [7, 11) is -0.817. The minimum atomic E-state index is -0.817. The van der Waals surface area contributed by atoms with E-state index in [2.05, 4.69) is 0 Å². The Morgan fingerprint density at radius 1 is 1.50 bits per heavy atom. The summed E-state index contributed by atoms with van der Waals surface area (Å²) < 4.78 is 10.6. The zero-order valence-electron chi connectivity index (χ0n) is 5.82. The van der Waals surface area contributed by atoms with Crippen LogP contribution >= 0.6 is 8.38 Å². The van der Waals surface area contributed by atoms with Crippen molar-refractivity contribution in [1.29, 1.82) is 0 Å². The molecule has 0 aliphatic carbocycles. The molecule has 1 aliphatic heterocycles. The Hall–Kier alpha value is 0.270. The first-order valence-corrected chi connectivity index (χ1v) is 4.70. The van der Waals surface area contributed by atoms with Crippen LogP contribution in [0.2, 0.25) is 0 Å². The predicted molar refractivity (Wildman–Crippen MR) is 40.5 cm³/mol. The lowest BCUT2D eigenvalue weighted by Crippen LogP contribution is -2.28. The van der Waals surface area contributed by atoms with Gasteiger partial charge in [-0.15, -0.1) is 0 Å². The first-order chi connectivity index (χ1) is 4.86. The summed E-state index contributed by atoms with van der Waals surface area (Å²) in [5.74, 6) is 0. The molecule has 0 aromatic carbocycles. The normalized spacial score (nSPS) is 34.2. The van der Waals surface area contributed by atoms with Crippen LogP contribution in [0.25, 0.3) is 0 Å². The van der Waals surface area contributed by atoms with Crippen molar-refractivity contribution in [1.82, 2.24) is 0 Å². The van der Waals surface area contributed by atoms with Crippen molar-refractivity contribution in [2.75, 3.05) is 19.4 Å². The highest BCUT2D eigenvalue weighted by atomic mass is 31.2. The van der Waals surface area contributed by atoms with Crippen LogP contribution in [0, 0.1) is 0 Å². The van der Waals surface area contributed by atoms with Crippen molar-refractivity contribution in [3.05, 3.63) is 0 Å². The van der Waals surface area contributed by atoms with E-state index in [1.54, 1.807) is 0 Å². The van der Waals surface area contributed by atoms with Crippen LogP contribution in [-0.2, 0) is 9.05 Å². The molecule has 1 rings (SSSR count). The second-order valence-electron chi connectivity index (χ2n) is 2.10. The molecule has 10 heavy (non-hydrogen) atoms. The molecule has 1 fully saturated rings. The molecule has 0 bridgehead atoms.